The van der Waals surface area contributed by atoms with Gasteiger partial charge in [0, 0.05) is 34.6 Å². The van der Waals surface area contributed by atoms with Crippen LogP contribution in [0.25, 0.3) is 16.9 Å². The molecule has 128 valence electrons. The molecule has 0 atom stereocenters. The van der Waals surface area contributed by atoms with E-state index >= 15 is 0 Å². The maximum atomic E-state index is 13.3. The minimum absolute atomic E-state index is 0.248. The molecule has 26 heavy (non-hydrogen) atoms. The van der Waals surface area contributed by atoms with E-state index in [9.17, 15) is 9.18 Å². The summed E-state index contributed by atoms with van der Waals surface area (Å²) < 4.78 is 15.2. The van der Waals surface area contributed by atoms with Crippen molar-refractivity contribution in [1.82, 2.24) is 14.5 Å². The Balaban J connectivity index is 1.48. The summed E-state index contributed by atoms with van der Waals surface area (Å²) in [7, 11) is 0. The second-order valence-corrected chi connectivity index (χ2v) is 6.38. The number of nitrogens with one attached hydrogen (secondary N) is 1. The molecule has 2 aromatic heterocycles. The number of carbonyl (C=O) groups is 1. The van der Waals surface area contributed by atoms with Gasteiger partial charge in [0.05, 0.1) is 12.0 Å². The Kier molecular flexibility index (Phi) is 4.28. The van der Waals surface area contributed by atoms with Gasteiger partial charge in [0.15, 0.2) is 5.13 Å². The fourth-order valence-electron chi connectivity index (χ4n) is 2.48. The zero-order chi connectivity index (χ0) is 17.9. The molecule has 0 unspecified atom stereocenters. The summed E-state index contributed by atoms with van der Waals surface area (Å²) in [5, 5.41) is 5.02. The Morgan fingerprint density at radius 3 is 2.73 bits per heavy atom. The van der Waals surface area contributed by atoms with Crippen LogP contribution in [0.15, 0.2) is 72.6 Å². The summed E-state index contributed by atoms with van der Waals surface area (Å²) in [4.78, 5) is 20.7. The van der Waals surface area contributed by atoms with Crippen LogP contribution < -0.4 is 5.32 Å². The van der Waals surface area contributed by atoms with E-state index in [1.807, 2.05) is 22.9 Å². The molecule has 7 heteroatoms. The summed E-state index contributed by atoms with van der Waals surface area (Å²) in [6.45, 7) is 0. The third-order valence-electron chi connectivity index (χ3n) is 3.78. The second kappa shape index (κ2) is 6.89. The molecule has 0 saturated heterocycles. The van der Waals surface area contributed by atoms with Gasteiger partial charge in [-0.05, 0) is 36.4 Å². The van der Waals surface area contributed by atoms with Crippen molar-refractivity contribution in [3.63, 3.8) is 0 Å². The summed E-state index contributed by atoms with van der Waals surface area (Å²) in [6.07, 6.45) is 5.22. The molecule has 0 aliphatic carbocycles. The van der Waals surface area contributed by atoms with Crippen LogP contribution in [0.4, 0.5) is 9.52 Å². The van der Waals surface area contributed by atoms with E-state index in [-0.39, 0.29) is 11.7 Å². The number of carbonyl (C=O) groups excluding carboxylic acids is 1. The van der Waals surface area contributed by atoms with Crippen molar-refractivity contribution in [3.05, 3.63) is 84.0 Å². The minimum Gasteiger partial charge on any atom is -0.306 e. The summed E-state index contributed by atoms with van der Waals surface area (Å²) in [5.74, 6) is -0.568. The van der Waals surface area contributed by atoms with E-state index in [1.54, 1.807) is 42.2 Å². The lowest BCUT2D eigenvalue weighted by Gasteiger charge is -2.05. The van der Waals surface area contributed by atoms with Crippen molar-refractivity contribution in [3.8, 4) is 16.9 Å². The van der Waals surface area contributed by atoms with Crippen LogP contribution in [0.2, 0.25) is 0 Å². The first kappa shape index (κ1) is 16.2. The highest BCUT2D eigenvalue weighted by Gasteiger charge is 2.10. The normalized spacial score (nSPS) is 10.7. The molecule has 0 aliphatic heterocycles. The highest BCUT2D eigenvalue weighted by atomic mass is 32.1. The van der Waals surface area contributed by atoms with Crippen molar-refractivity contribution in [2.24, 2.45) is 0 Å². The standard InChI is InChI=1S/C19H13FN4OS/c20-15-3-1-2-14(10-15)17-11-26-19(22-17)23-18(25)13-4-6-16(7-5-13)24-9-8-21-12-24/h1-12H,(H,22,23,25). The van der Waals surface area contributed by atoms with E-state index in [4.69, 9.17) is 0 Å². The number of hydrogen-bond donors (Lipinski definition) is 1. The average molecular weight is 364 g/mol. The number of amides is 1. The number of benzene rings is 2. The Bertz CT molecular complexity index is 1040. The molecule has 2 aromatic carbocycles. The van der Waals surface area contributed by atoms with Gasteiger partial charge >= 0.3 is 0 Å². The summed E-state index contributed by atoms with van der Waals surface area (Å²) in [5.41, 5.74) is 2.74. The lowest BCUT2D eigenvalue weighted by atomic mass is 10.2. The monoisotopic (exact) mass is 364 g/mol. The van der Waals surface area contributed by atoms with Gasteiger partial charge < -0.3 is 4.57 Å². The van der Waals surface area contributed by atoms with E-state index < -0.39 is 0 Å². The van der Waals surface area contributed by atoms with Gasteiger partial charge in [-0.3, -0.25) is 10.1 Å². The average Bonchev–Trinajstić information content (AvgIpc) is 3.34. The van der Waals surface area contributed by atoms with Crippen molar-refractivity contribution < 1.29 is 9.18 Å². The fourth-order valence-corrected chi connectivity index (χ4v) is 3.19. The van der Waals surface area contributed by atoms with Crippen LogP contribution in [-0.4, -0.2) is 20.4 Å². The van der Waals surface area contributed by atoms with Crippen molar-refractivity contribution in [2.75, 3.05) is 5.32 Å². The van der Waals surface area contributed by atoms with Gasteiger partial charge in [0.25, 0.3) is 5.91 Å². The molecule has 0 spiro atoms. The van der Waals surface area contributed by atoms with Crippen LogP contribution in [-0.2, 0) is 0 Å². The number of imidazole rings is 1. The number of halogens is 1. The van der Waals surface area contributed by atoms with Crippen LogP contribution in [0.3, 0.4) is 0 Å². The fraction of sp³-hybridized carbons (Fsp3) is 0. The predicted molar refractivity (Wildman–Crippen MR) is 99.0 cm³/mol. The Hall–Kier alpha value is -3.32. The highest BCUT2D eigenvalue weighted by molar-refractivity contribution is 7.14. The number of anilines is 1. The summed E-state index contributed by atoms with van der Waals surface area (Å²) in [6, 6.07) is 13.4. The molecule has 2 heterocycles. The largest absolute Gasteiger partial charge is 0.306 e. The molecule has 4 aromatic rings. The van der Waals surface area contributed by atoms with Crippen LogP contribution >= 0.6 is 11.3 Å². The second-order valence-electron chi connectivity index (χ2n) is 5.52. The molecule has 5 nitrogen and oxygen atoms in total. The van der Waals surface area contributed by atoms with E-state index in [2.05, 4.69) is 15.3 Å². The third kappa shape index (κ3) is 3.38. The van der Waals surface area contributed by atoms with Crippen LogP contribution in [0, 0.1) is 5.82 Å². The van der Waals surface area contributed by atoms with Crippen LogP contribution in [0.1, 0.15) is 10.4 Å². The van der Waals surface area contributed by atoms with Gasteiger partial charge in [-0.2, -0.15) is 0 Å². The van der Waals surface area contributed by atoms with Crippen molar-refractivity contribution >= 4 is 22.4 Å². The maximum Gasteiger partial charge on any atom is 0.257 e. The van der Waals surface area contributed by atoms with Crippen LogP contribution in [0.5, 0.6) is 0 Å². The number of hydrogen-bond acceptors (Lipinski definition) is 4. The van der Waals surface area contributed by atoms with Crippen molar-refractivity contribution in [2.45, 2.75) is 0 Å². The highest BCUT2D eigenvalue weighted by Crippen LogP contribution is 2.25. The molecular weight excluding hydrogens is 351 g/mol. The van der Waals surface area contributed by atoms with E-state index in [0.717, 1.165) is 5.69 Å². The topological polar surface area (TPSA) is 59.8 Å². The lowest BCUT2D eigenvalue weighted by Crippen LogP contribution is -2.11. The molecule has 0 aliphatic rings. The molecule has 1 N–H and O–H groups in total. The Morgan fingerprint density at radius 1 is 1.15 bits per heavy atom. The quantitative estimate of drug-likeness (QED) is 0.584. The van der Waals surface area contributed by atoms with Gasteiger partial charge in [-0.15, -0.1) is 11.3 Å². The SMILES string of the molecule is O=C(Nc1nc(-c2cccc(F)c2)cs1)c1ccc(-n2ccnc2)cc1. The maximum absolute atomic E-state index is 13.3. The summed E-state index contributed by atoms with van der Waals surface area (Å²) >= 11 is 1.30. The number of nitrogens with zero attached hydrogens (tertiary/aromatic N) is 3. The smallest absolute Gasteiger partial charge is 0.257 e. The third-order valence-corrected chi connectivity index (χ3v) is 4.53. The first-order valence-electron chi connectivity index (χ1n) is 7.80. The molecule has 0 bridgehead atoms. The van der Waals surface area contributed by atoms with Gasteiger partial charge in [0.2, 0.25) is 0 Å². The lowest BCUT2D eigenvalue weighted by molar-refractivity contribution is 0.102. The molecular formula is C19H13FN4OS. The number of rotatable bonds is 4. The van der Waals surface area contributed by atoms with Gasteiger partial charge in [-0.1, -0.05) is 12.1 Å². The van der Waals surface area contributed by atoms with Crippen molar-refractivity contribution in [1.29, 1.82) is 0 Å². The van der Waals surface area contributed by atoms with Gasteiger partial charge in [0.1, 0.15) is 5.82 Å². The van der Waals surface area contributed by atoms with E-state index in [1.165, 1.54) is 23.5 Å². The number of thiazole rings is 1. The first-order valence-corrected chi connectivity index (χ1v) is 8.68. The van der Waals surface area contributed by atoms with Gasteiger partial charge in [-0.25, -0.2) is 14.4 Å². The zero-order valence-electron chi connectivity index (χ0n) is 13.5. The Morgan fingerprint density at radius 2 is 2.00 bits per heavy atom. The molecule has 0 radical (unpaired) electrons. The molecule has 0 saturated carbocycles. The Labute approximate surface area is 152 Å². The minimum atomic E-state index is -0.320. The molecule has 1 amide bonds. The number of aromatic nitrogens is 3. The predicted octanol–water partition coefficient (Wildman–Crippen LogP) is 4.39. The van der Waals surface area contributed by atoms with E-state index in [0.29, 0.717) is 22.0 Å². The zero-order valence-corrected chi connectivity index (χ0v) is 14.3. The molecule has 0 fully saturated rings. The first-order chi connectivity index (χ1) is 12.7. The molecule has 4 rings (SSSR count).